The van der Waals surface area contributed by atoms with Crippen molar-refractivity contribution < 1.29 is 24.2 Å². The van der Waals surface area contributed by atoms with Crippen molar-refractivity contribution in [3.8, 4) is 11.1 Å². The number of nitrogens with one attached hydrogen (secondary N) is 2. The maximum atomic E-state index is 12.6. The first-order chi connectivity index (χ1) is 17.0. The molecule has 0 aromatic heterocycles. The predicted octanol–water partition coefficient (Wildman–Crippen LogP) is 4.31. The zero-order chi connectivity index (χ0) is 24.4. The minimum atomic E-state index is -0.769. The van der Waals surface area contributed by atoms with Crippen LogP contribution in [0.2, 0.25) is 0 Å². The fourth-order valence-corrected chi connectivity index (χ4v) is 6.14. The van der Waals surface area contributed by atoms with Gasteiger partial charge in [0.2, 0.25) is 5.91 Å². The van der Waals surface area contributed by atoms with Crippen molar-refractivity contribution in [2.24, 2.45) is 17.8 Å². The van der Waals surface area contributed by atoms with Gasteiger partial charge in [-0.1, -0.05) is 55.0 Å². The highest BCUT2D eigenvalue weighted by Crippen LogP contribution is 2.44. The fourth-order valence-electron chi connectivity index (χ4n) is 6.14. The molecule has 7 heteroatoms. The van der Waals surface area contributed by atoms with Gasteiger partial charge >= 0.3 is 12.1 Å². The maximum Gasteiger partial charge on any atom is 0.407 e. The average Bonchev–Trinajstić information content (AvgIpc) is 3.59. The van der Waals surface area contributed by atoms with Crippen LogP contribution in [0.5, 0.6) is 0 Å². The lowest BCUT2D eigenvalue weighted by Gasteiger charge is -2.19. The van der Waals surface area contributed by atoms with Crippen molar-refractivity contribution in [3.63, 3.8) is 0 Å². The van der Waals surface area contributed by atoms with E-state index in [0.717, 1.165) is 19.3 Å². The summed E-state index contributed by atoms with van der Waals surface area (Å²) in [6, 6.07) is 16.4. The molecule has 7 nitrogen and oxygen atoms in total. The molecule has 0 unspecified atom stereocenters. The van der Waals surface area contributed by atoms with Gasteiger partial charge in [-0.2, -0.15) is 0 Å². The van der Waals surface area contributed by atoms with E-state index in [9.17, 15) is 19.5 Å². The second-order valence-corrected chi connectivity index (χ2v) is 10.1. The molecule has 2 aromatic carbocycles. The van der Waals surface area contributed by atoms with Gasteiger partial charge in [0, 0.05) is 24.4 Å². The van der Waals surface area contributed by atoms with Gasteiger partial charge in [0.1, 0.15) is 6.61 Å². The first-order valence-corrected chi connectivity index (χ1v) is 12.6. The smallest absolute Gasteiger partial charge is 0.407 e. The third-order valence-corrected chi connectivity index (χ3v) is 7.98. The van der Waals surface area contributed by atoms with Crippen LogP contribution in [0.1, 0.15) is 55.6 Å². The lowest BCUT2D eigenvalue weighted by molar-refractivity contribution is -0.143. The molecule has 0 saturated heterocycles. The van der Waals surface area contributed by atoms with Gasteiger partial charge < -0.3 is 20.5 Å². The molecule has 2 amide bonds. The van der Waals surface area contributed by atoms with E-state index in [1.807, 2.05) is 24.3 Å². The van der Waals surface area contributed by atoms with Crippen LogP contribution in [-0.2, 0) is 14.3 Å². The normalized spacial score (nSPS) is 25.0. The Bertz CT molecular complexity index is 1070. The first-order valence-electron chi connectivity index (χ1n) is 12.6. The van der Waals surface area contributed by atoms with Gasteiger partial charge in [0.15, 0.2) is 0 Å². The Morgan fingerprint density at radius 1 is 0.914 bits per heavy atom. The van der Waals surface area contributed by atoms with Crippen molar-refractivity contribution >= 4 is 18.0 Å². The number of aliphatic carboxylic acids is 1. The Kier molecular flexibility index (Phi) is 6.75. The summed E-state index contributed by atoms with van der Waals surface area (Å²) in [5, 5.41) is 15.2. The summed E-state index contributed by atoms with van der Waals surface area (Å²) in [7, 11) is 0. The second-order valence-electron chi connectivity index (χ2n) is 10.1. The number of hydrogen-bond acceptors (Lipinski definition) is 4. The highest BCUT2D eigenvalue weighted by molar-refractivity contribution is 5.80. The predicted molar refractivity (Wildman–Crippen MR) is 131 cm³/mol. The zero-order valence-electron chi connectivity index (χ0n) is 19.7. The van der Waals surface area contributed by atoms with Gasteiger partial charge in [0.05, 0.1) is 5.92 Å². The van der Waals surface area contributed by atoms with E-state index in [0.29, 0.717) is 25.8 Å². The number of alkyl carbamates (subject to hydrolysis) is 1. The van der Waals surface area contributed by atoms with E-state index < -0.39 is 12.1 Å². The monoisotopic (exact) mass is 476 g/mol. The molecule has 2 fully saturated rings. The molecule has 0 bridgehead atoms. The van der Waals surface area contributed by atoms with Crippen LogP contribution in [0.3, 0.4) is 0 Å². The number of carbonyl (C=O) groups is 3. The largest absolute Gasteiger partial charge is 0.481 e. The van der Waals surface area contributed by atoms with Crippen LogP contribution < -0.4 is 10.6 Å². The number of benzene rings is 2. The minimum absolute atomic E-state index is 0.00704. The van der Waals surface area contributed by atoms with E-state index in [1.54, 1.807) is 0 Å². The minimum Gasteiger partial charge on any atom is -0.481 e. The number of carboxylic acid groups (broad SMARTS) is 1. The van der Waals surface area contributed by atoms with Gasteiger partial charge in [-0.15, -0.1) is 0 Å². The second kappa shape index (κ2) is 10.1. The maximum absolute atomic E-state index is 12.6. The van der Waals surface area contributed by atoms with Gasteiger partial charge in [-0.3, -0.25) is 9.59 Å². The quantitative estimate of drug-likeness (QED) is 0.552. The number of carboxylic acids is 1. The molecule has 3 aliphatic carbocycles. The van der Waals surface area contributed by atoms with Gasteiger partial charge in [-0.05, 0) is 60.3 Å². The summed E-state index contributed by atoms with van der Waals surface area (Å²) in [5.41, 5.74) is 4.72. The molecular formula is C28H32N2O5. The molecule has 3 aliphatic rings. The highest BCUT2D eigenvalue weighted by atomic mass is 16.5. The van der Waals surface area contributed by atoms with Crippen molar-refractivity contribution in [2.75, 3.05) is 13.2 Å². The third kappa shape index (κ3) is 4.90. The van der Waals surface area contributed by atoms with E-state index in [4.69, 9.17) is 4.74 Å². The summed E-state index contributed by atoms with van der Waals surface area (Å²) in [4.78, 5) is 36.6. The van der Waals surface area contributed by atoms with Gasteiger partial charge in [-0.25, -0.2) is 4.79 Å². The molecule has 35 heavy (non-hydrogen) atoms. The Hall–Kier alpha value is -3.35. The lowest BCUT2D eigenvalue weighted by atomic mass is 9.96. The lowest BCUT2D eigenvalue weighted by Crippen LogP contribution is -2.37. The number of fused-ring (bicyclic) bond motifs is 3. The zero-order valence-corrected chi connectivity index (χ0v) is 19.7. The van der Waals surface area contributed by atoms with Crippen molar-refractivity contribution in [1.29, 1.82) is 0 Å². The van der Waals surface area contributed by atoms with Crippen LogP contribution in [0.25, 0.3) is 11.1 Å². The number of hydrogen-bond donors (Lipinski definition) is 3. The Balaban J connectivity index is 1.09. The topological polar surface area (TPSA) is 105 Å². The van der Waals surface area contributed by atoms with Crippen LogP contribution in [-0.4, -0.2) is 42.3 Å². The molecule has 0 spiro atoms. The van der Waals surface area contributed by atoms with Crippen LogP contribution in [0.15, 0.2) is 48.5 Å². The molecule has 2 aromatic rings. The van der Waals surface area contributed by atoms with Crippen molar-refractivity contribution in [2.45, 2.75) is 50.5 Å². The SMILES string of the molecule is O=C(N[C@@H]1CC[C@H](C(=O)NC[C@@H]2CCC[C@@H]2C(=O)O)C1)OCC1c2ccccc2-c2ccccc21. The van der Waals surface area contributed by atoms with Gasteiger partial charge in [0.25, 0.3) is 0 Å². The standard InChI is InChI=1S/C28H32N2O5/c31-26(29-15-18-6-5-11-20(18)27(32)33)17-12-13-19(14-17)30-28(34)35-16-25-23-9-3-1-7-21(23)22-8-2-4-10-24(22)25/h1-4,7-10,17-20,25H,5-6,11-16H2,(H,29,31)(H,30,34)(H,32,33)/t17-,18-,19+,20-/m0/s1. The number of ether oxygens (including phenoxy) is 1. The summed E-state index contributed by atoms with van der Waals surface area (Å²) in [5.74, 6) is -1.32. The average molecular weight is 477 g/mol. The van der Waals surface area contributed by atoms with E-state index in [2.05, 4.69) is 34.9 Å². The number of amides is 2. The molecule has 184 valence electrons. The summed E-state index contributed by atoms with van der Waals surface area (Å²) >= 11 is 0. The summed E-state index contributed by atoms with van der Waals surface area (Å²) in [6.45, 7) is 0.680. The van der Waals surface area contributed by atoms with E-state index >= 15 is 0 Å². The van der Waals surface area contributed by atoms with Crippen LogP contribution in [0.4, 0.5) is 4.79 Å². The molecule has 0 heterocycles. The molecule has 0 radical (unpaired) electrons. The van der Waals surface area contributed by atoms with Crippen molar-refractivity contribution in [1.82, 2.24) is 10.6 Å². The first kappa shape index (κ1) is 23.4. The van der Waals surface area contributed by atoms with E-state index in [1.165, 1.54) is 22.3 Å². The fraction of sp³-hybridized carbons (Fsp3) is 0.464. The summed E-state index contributed by atoms with van der Waals surface area (Å²) in [6.07, 6.45) is 3.97. The van der Waals surface area contributed by atoms with Crippen molar-refractivity contribution in [3.05, 3.63) is 59.7 Å². The molecule has 5 rings (SSSR count). The Morgan fingerprint density at radius 3 is 2.29 bits per heavy atom. The molecule has 3 N–H and O–H groups in total. The third-order valence-electron chi connectivity index (χ3n) is 7.98. The molecule has 2 saturated carbocycles. The Labute approximate surface area is 205 Å². The number of carbonyl (C=O) groups excluding carboxylic acids is 2. The molecular weight excluding hydrogens is 444 g/mol. The molecule has 0 aliphatic heterocycles. The van der Waals surface area contributed by atoms with Crippen LogP contribution >= 0.6 is 0 Å². The van der Waals surface area contributed by atoms with E-state index in [-0.39, 0.29) is 42.2 Å². The Morgan fingerprint density at radius 2 is 1.60 bits per heavy atom. The highest BCUT2D eigenvalue weighted by Gasteiger charge is 2.35. The molecule has 4 atom stereocenters. The summed E-state index contributed by atoms with van der Waals surface area (Å²) < 4.78 is 5.64. The number of rotatable bonds is 7. The van der Waals surface area contributed by atoms with Crippen LogP contribution in [0, 0.1) is 17.8 Å².